The van der Waals surface area contributed by atoms with Gasteiger partial charge in [-0.1, -0.05) is 78.4 Å². The van der Waals surface area contributed by atoms with Crippen LogP contribution in [-0.2, 0) is 6.42 Å². The molecule has 0 aliphatic carbocycles. The zero-order valence-corrected chi connectivity index (χ0v) is 15.1. The molecule has 3 aromatic rings. The maximum atomic E-state index is 5.54. The third kappa shape index (κ3) is 5.16. The molecular formula is C22H22N2S. The van der Waals surface area contributed by atoms with Crippen molar-refractivity contribution in [2.45, 2.75) is 19.4 Å². The van der Waals surface area contributed by atoms with Crippen LogP contribution in [0.5, 0.6) is 0 Å². The predicted octanol–water partition coefficient (Wildman–Crippen LogP) is 5.27. The second-order valence-electron chi connectivity index (χ2n) is 6.12. The maximum absolute atomic E-state index is 5.54. The van der Waals surface area contributed by atoms with Gasteiger partial charge in [0.25, 0.3) is 0 Å². The van der Waals surface area contributed by atoms with Gasteiger partial charge in [-0.25, -0.2) is 0 Å². The summed E-state index contributed by atoms with van der Waals surface area (Å²) < 4.78 is 0. The van der Waals surface area contributed by atoms with Gasteiger partial charge < -0.3 is 10.6 Å². The zero-order valence-electron chi connectivity index (χ0n) is 14.3. The largest absolute Gasteiger partial charge is 0.355 e. The minimum Gasteiger partial charge on any atom is -0.355 e. The SMILES string of the molecule is Cc1ccc(NC(=S)N[C@@H](Cc2ccccc2)c2ccccc2)cc1. The smallest absolute Gasteiger partial charge is 0.171 e. The molecule has 126 valence electrons. The first kappa shape index (κ1) is 17.2. The fourth-order valence-corrected chi connectivity index (χ4v) is 3.01. The fourth-order valence-electron chi connectivity index (χ4n) is 2.75. The lowest BCUT2D eigenvalue weighted by molar-refractivity contribution is 0.648. The first-order chi connectivity index (χ1) is 12.2. The third-order valence-electron chi connectivity index (χ3n) is 4.10. The molecule has 3 heteroatoms. The molecule has 0 radical (unpaired) electrons. The minimum absolute atomic E-state index is 0.119. The van der Waals surface area contributed by atoms with Gasteiger partial charge in [0.15, 0.2) is 5.11 Å². The summed E-state index contributed by atoms with van der Waals surface area (Å²) in [7, 11) is 0. The molecule has 3 aromatic carbocycles. The Bertz CT molecular complexity index is 798. The molecule has 1 atom stereocenters. The van der Waals surface area contributed by atoms with Gasteiger partial charge in [-0.3, -0.25) is 0 Å². The van der Waals surface area contributed by atoms with E-state index in [1.807, 2.05) is 24.3 Å². The minimum atomic E-state index is 0.119. The summed E-state index contributed by atoms with van der Waals surface area (Å²) in [6, 6.07) is 29.2. The lowest BCUT2D eigenvalue weighted by atomic mass is 9.99. The second kappa shape index (κ2) is 8.45. The molecule has 25 heavy (non-hydrogen) atoms. The number of aryl methyl sites for hydroxylation is 1. The molecule has 0 fully saturated rings. The van der Waals surface area contributed by atoms with E-state index in [1.165, 1.54) is 16.7 Å². The Labute approximate surface area is 154 Å². The number of hydrogen-bond donors (Lipinski definition) is 2. The highest BCUT2D eigenvalue weighted by Crippen LogP contribution is 2.19. The average molecular weight is 346 g/mol. The molecule has 3 rings (SSSR count). The van der Waals surface area contributed by atoms with Gasteiger partial charge in [0.2, 0.25) is 0 Å². The van der Waals surface area contributed by atoms with E-state index in [2.05, 4.69) is 78.2 Å². The van der Waals surface area contributed by atoms with Crippen molar-refractivity contribution >= 4 is 23.0 Å². The monoisotopic (exact) mass is 346 g/mol. The average Bonchev–Trinajstić information content (AvgIpc) is 2.65. The maximum Gasteiger partial charge on any atom is 0.171 e. The van der Waals surface area contributed by atoms with E-state index in [0.717, 1.165) is 12.1 Å². The molecule has 0 bridgehead atoms. The van der Waals surface area contributed by atoms with Gasteiger partial charge in [-0.2, -0.15) is 0 Å². The molecule has 0 aliphatic rings. The number of rotatable bonds is 5. The summed E-state index contributed by atoms with van der Waals surface area (Å²) in [6.45, 7) is 2.08. The lowest BCUT2D eigenvalue weighted by Gasteiger charge is -2.22. The molecule has 0 spiro atoms. The van der Waals surface area contributed by atoms with Crippen molar-refractivity contribution in [3.05, 3.63) is 102 Å². The fraction of sp³-hybridized carbons (Fsp3) is 0.136. The topological polar surface area (TPSA) is 24.1 Å². The van der Waals surface area contributed by atoms with Gasteiger partial charge in [0.05, 0.1) is 6.04 Å². The van der Waals surface area contributed by atoms with Crippen molar-refractivity contribution in [2.24, 2.45) is 0 Å². The van der Waals surface area contributed by atoms with Gasteiger partial charge in [0, 0.05) is 5.69 Å². The van der Waals surface area contributed by atoms with Crippen molar-refractivity contribution in [1.29, 1.82) is 0 Å². The molecule has 2 N–H and O–H groups in total. The molecule has 0 saturated carbocycles. The Kier molecular flexibility index (Phi) is 5.81. The molecule has 0 saturated heterocycles. The molecule has 0 heterocycles. The van der Waals surface area contributed by atoms with E-state index >= 15 is 0 Å². The van der Waals surface area contributed by atoms with Crippen LogP contribution in [0, 0.1) is 6.92 Å². The Hall–Kier alpha value is -2.65. The highest BCUT2D eigenvalue weighted by Gasteiger charge is 2.13. The molecule has 0 amide bonds. The van der Waals surface area contributed by atoms with Gasteiger partial charge in [-0.05, 0) is 48.8 Å². The number of benzene rings is 3. The number of nitrogens with one attached hydrogen (secondary N) is 2. The van der Waals surface area contributed by atoms with E-state index in [9.17, 15) is 0 Å². The molecule has 2 nitrogen and oxygen atoms in total. The molecule has 0 aromatic heterocycles. The molecular weight excluding hydrogens is 324 g/mol. The summed E-state index contributed by atoms with van der Waals surface area (Å²) in [5, 5.41) is 7.37. The van der Waals surface area contributed by atoms with Crippen molar-refractivity contribution in [3.63, 3.8) is 0 Å². The van der Waals surface area contributed by atoms with E-state index in [-0.39, 0.29) is 6.04 Å². The van der Waals surface area contributed by atoms with Crippen LogP contribution < -0.4 is 10.6 Å². The summed E-state index contributed by atoms with van der Waals surface area (Å²) in [4.78, 5) is 0. The van der Waals surface area contributed by atoms with Crippen LogP contribution in [0.3, 0.4) is 0 Å². The number of anilines is 1. The Morgan fingerprint density at radius 3 is 2.08 bits per heavy atom. The van der Waals surface area contributed by atoms with Crippen LogP contribution in [0.25, 0.3) is 0 Å². The molecule has 0 aliphatic heterocycles. The summed E-state index contributed by atoms with van der Waals surface area (Å²) >= 11 is 5.54. The normalized spacial score (nSPS) is 11.6. The first-order valence-corrected chi connectivity index (χ1v) is 8.84. The Balaban J connectivity index is 1.72. The van der Waals surface area contributed by atoms with Crippen LogP contribution in [0.15, 0.2) is 84.9 Å². The number of thiocarbonyl (C=S) groups is 1. The van der Waals surface area contributed by atoms with Gasteiger partial charge >= 0.3 is 0 Å². The summed E-state index contributed by atoms with van der Waals surface area (Å²) in [5.41, 5.74) is 4.73. The Morgan fingerprint density at radius 2 is 1.44 bits per heavy atom. The van der Waals surface area contributed by atoms with Crippen molar-refractivity contribution < 1.29 is 0 Å². The van der Waals surface area contributed by atoms with E-state index in [1.54, 1.807) is 0 Å². The van der Waals surface area contributed by atoms with Gasteiger partial charge in [0.1, 0.15) is 0 Å². The van der Waals surface area contributed by atoms with Crippen LogP contribution in [-0.4, -0.2) is 5.11 Å². The first-order valence-electron chi connectivity index (χ1n) is 8.44. The third-order valence-corrected chi connectivity index (χ3v) is 4.32. The van der Waals surface area contributed by atoms with Crippen LogP contribution in [0.2, 0.25) is 0 Å². The van der Waals surface area contributed by atoms with Crippen molar-refractivity contribution in [2.75, 3.05) is 5.32 Å². The summed E-state index contributed by atoms with van der Waals surface area (Å²) in [5.74, 6) is 0. The lowest BCUT2D eigenvalue weighted by Crippen LogP contribution is -2.33. The Morgan fingerprint density at radius 1 is 0.840 bits per heavy atom. The van der Waals surface area contributed by atoms with E-state index in [4.69, 9.17) is 12.2 Å². The predicted molar refractivity (Wildman–Crippen MR) is 110 cm³/mol. The summed E-state index contributed by atoms with van der Waals surface area (Å²) in [6.07, 6.45) is 0.876. The highest BCUT2D eigenvalue weighted by atomic mass is 32.1. The number of hydrogen-bond acceptors (Lipinski definition) is 1. The van der Waals surface area contributed by atoms with Crippen LogP contribution in [0.1, 0.15) is 22.7 Å². The van der Waals surface area contributed by atoms with E-state index < -0.39 is 0 Å². The standard InChI is InChI=1S/C22H22N2S/c1-17-12-14-20(15-13-17)23-22(25)24-21(19-10-6-3-7-11-19)16-18-8-4-2-5-9-18/h2-15,21H,16H2,1H3,(H2,23,24,25)/t21-/m0/s1. The molecule has 0 unspecified atom stereocenters. The van der Waals surface area contributed by atoms with Crippen LogP contribution in [0.4, 0.5) is 5.69 Å². The second-order valence-corrected chi connectivity index (χ2v) is 6.53. The quantitative estimate of drug-likeness (QED) is 0.616. The highest BCUT2D eigenvalue weighted by molar-refractivity contribution is 7.80. The van der Waals surface area contributed by atoms with E-state index in [0.29, 0.717) is 5.11 Å². The van der Waals surface area contributed by atoms with Crippen molar-refractivity contribution in [3.8, 4) is 0 Å². The van der Waals surface area contributed by atoms with Crippen molar-refractivity contribution in [1.82, 2.24) is 5.32 Å². The van der Waals surface area contributed by atoms with Gasteiger partial charge in [-0.15, -0.1) is 0 Å². The van der Waals surface area contributed by atoms with Crippen LogP contribution >= 0.6 is 12.2 Å². The zero-order chi connectivity index (χ0) is 17.5.